The molecule has 0 amide bonds. The Bertz CT molecular complexity index is 476. The fraction of sp³-hybridized carbons (Fsp3) is 0.0714. The van der Waals surface area contributed by atoms with Crippen LogP contribution in [0.3, 0.4) is 0 Å². The summed E-state index contributed by atoms with van der Waals surface area (Å²) in [7, 11) is 0. The summed E-state index contributed by atoms with van der Waals surface area (Å²) in [6.45, 7) is 2.03. The minimum absolute atomic E-state index is 0. The van der Waals surface area contributed by atoms with Gasteiger partial charge in [0, 0.05) is 17.2 Å². The zero-order valence-electron chi connectivity index (χ0n) is 10.1. The standard InChI is InChI=1S/C14H13NO.Li/c1-11-6-2-4-8-13(11)15-10-12-7-3-5-9-14(12)16;/h2-10,16H,1H3;/q;-1. The van der Waals surface area contributed by atoms with Crippen molar-refractivity contribution in [1.82, 2.24) is 0 Å². The summed E-state index contributed by atoms with van der Waals surface area (Å²) in [5.41, 5.74) is 2.85. The van der Waals surface area contributed by atoms with Crippen molar-refractivity contribution in [3.8, 4) is 5.75 Å². The van der Waals surface area contributed by atoms with Gasteiger partial charge in [-0.05, 0) is 13.0 Å². The molecule has 0 fully saturated rings. The Morgan fingerprint density at radius 2 is 1.65 bits per heavy atom. The predicted molar refractivity (Wildman–Crippen MR) is 68.6 cm³/mol. The van der Waals surface area contributed by atoms with Gasteiger partial charge < -0.3 is 24.0 Å². The van der Waals surface area contributed by atoms with Crippen LogP contribution in [0.25, 0.3) is 0 Å². The molecule has 0 saturated heterocycles. The minimum atomic E-state index is 0. The molecule has 0 unspecified atom stereocenters. The summed E-state index contributed by atoms with van der Waals surface area (Å²) < 4.78 is 0. The number of benzene rings is 2. The van der Waals surface area contributed by atoms with Crippen LogP contribution in [-0.2, 0) is 0 Å². The van der Waals surface area contributed by atoms with E-state index in [4.69, 9.17) is 0 Å². The summed E-state index contributed by atoms with van der Waals surface area (Å²) in [6, 6.07) is 14.9. The third-order valence-corrected chi connectivity index (χ3v) is 2.45. The molecule has 2 aromatic rings. The molecule has 0 atom stereocenters. The zero-order valence-corrected chi connectivity index (χ0v) is 10.1. The average molecular weight is 218 g/mol. The molecule has 0 saturated carbocycles. The number of aryl methyl sites for hydroxylation is 1. The summed E-state index contributed by atoms with van der Waals surface area (Å²) >= 11 is 0. The largest absolute Gasteiger partial charge is 1.00 e. The molecule has 1 N–H and O–H groups in total. The fourth-order valence-electron chi connectivity index (χ4n) is 1.49. The molecule has 0 aliphatic carbocycles. The molecule has 3 heteroatoms. The topological polar surface area (TPSA) is 37.0 Å². The Morgan fingerprint density at radius 3 is 2.35 bits per heavy atom. The second-order valence-corrected chi connectivity index (χ2v) is 3.64. The van der Waals surface area contributed by atoms with Gasteiger partial charge in [-0.15, -0.1) is 0 Å². The van der Waals surface area contributed by atoms with Crippen LogP contribution in [-0.4, -0.2) is 25.1 Å². The minimum Gasteiger partial charge on any atom is -1.00 e. The van der Waals surface area contributed by atoms with E-state index < -0.39 is 0 Å². The first-order chi connectivity index (χ1) is 7.77. The van der Waals surface area contributed by atoms with Crippen LogP contribution in [0, 0.1) is 6.92 Å². The Morgan fingerprint density at radius 1 is 1.00 bits per heavy atom. The van der Waals surface area contributed by atoms with Crippen LogP contribution in [0.4, 0.5) is 5.69 Å². The van der Waals surface area contributed by atoms with Crippen molar-refractivity contribution in [2.24, 2.45) is 0 Å². The molecule has 2 aromatic carbocycles. The van der Waals surface area contributed by atoms with Crippen molar-refractivity contribution in [3.05, 3.63) is 59.7 Å². The van der Waals surface area contributed by atoms with Gasteiger partial charge in [-0.2, -0.15) is 0 Å². The van der Waals surface area contributed by atoms with Gasteiger partial charge in [0.05, 0.1) is 0 Å². The molecule has 0 bridgehead atoms. The Hall–Kier alpha value is -1.49. The van der Waals surface area contributed by atoms with Crippen LogP contribution >= 0.6 is 0 Å². The van der Waals surface area contributed by atoms with Gasteiger partial charge in [0.25, 0.3) is 0 Å². The second kappa shape index (κ2) is 6.29. The Labute approximate surface area is 113 Å². The van der Waals surface area contributed by atoms with E-state index in [9.17, 15) is 5.11 Å². The fourth-order valence-corrected chi connectivity index (χ4v) is 1.49. The molecule has 0 aliphatic heterocycles. The number of para-hydroxylation sites is 2. The maximum Gasteiger partial charge on any atom is 0.206 e. The maximum absolute atomic E-state index is 11.5. The van der Waals surface area contributed by atoms with Gasteiger partial charge in [0.1, 0.15) is 0 Å². The zero-order chi connectivity index (χ0) is 11.4. The van der Waals surface area contributed by atoms with E-state index in [-0.39, 0.29) is 24.6 Å². The number of hydrogen-bond donors (Lipinski definition) is 1. The molecular weight excluding hydrogens is 205 g/mol. The second-order valence-electron chi connectivity index (χ2n) is 3.64. The van der Waals surface area contributed by atoms with E-state index >= 15 is 0 Å². The van der Waals surface area contributed by atoms with Gasteiger partial charge in [-0.3, -0.25) is 0 Å². The molecule has 82 valence electrons. The first-order valence-electron chi connectivity index (χ1n) is 5.19. The Balaban J connectivity index is 0.00000144. The Kier molecular flexibility index (Phi) is 5.02. The van der Waals surface area contributed by atoms with E-state index in [1.54, 1.807) is 24.4 Å². The molecule has 0 aromatic heterocycles. The van der Waals surface area contributed by atoms with Crippen LogP contribution in [0.1, 0.15) is 11.1 Å². The smallest absolute Gasteiger partial charge is 0.206 e. The first kappa shape index (κ1) is 13.6. The van der Waals surface area contributed by atoms with Crippen molar-refractivity contribution in [2.45, 2.75) is 6.92 Å². The van der Waals surface area contributed by atoms with Crippen LogP contribution in [0.5, 0.6) is 5.75 Å². The monoisotopic (exact) mass is 218 g/mol. The van der Waals surface area contributed by atoms with E-state index in [0.29, 0.717) is 5.56 Å². The third kappa shape index (κ3) is 3.49. The van der Waals surface area contributed by atoms with Crippen LogP contribution in [0.2, 0.25) is 0 Å². The normalized spacial score (nSPS) is 10.2. The molecule has 0 spiro atoms. The number of nitrogens with one attached hydrogen (secondary N) is 1. The quantitative estimate of drug-likeness (QED) is 0.579. The molecule has 0 heterocycles. The summed E-state index contributed by atoms with van der Waals surface area (Å²) in [4.78, 5) is 3.15. The maximum atomic E-state index is 11.5. The van der Waals surface area contributed by atoms with Crippen molar-refractivity contribution >= 4 is 30.8 Å². The van der Waals surface area contributed by atoms with E-state index in [0.717, 1.165) is 11.3 Å². The van der Waals surface area contributed by atoms with Gasteiger partial charge in [-0.25, -0.2) is 4.99 Å². The number of hydrogen-bond acceptors (Lipinski definition) is 1. The van der Waals surface area contributed by atoms with E-state index in [1.807, 2.05) is 37.3 Å². The molecule has 2 radical (unpaired) electrons. The molecule has 0 aliphatic rings. The molecule has 2 nitrogen and oxygen atoms in total. The molecular formula is C14H13LiNO-. The third-order valence-electron chi connectivity index (χ3n) is 2.45. The van der Waals surface area contributed by atoms with Crippen molar-refractivity contribution in [3.63, 3.8) is 0 Å². The molecule has 2 rings (SSSR count). The summed E-state index contributed by atoms with van der Waals surface area (Å²) in [5.74, 6) is 0.0311. The van der Waals surface area contributed by atoms with Gasteiger partial charge in [0.15, 0.2) is 6.21 Å². The van der Waals surface area contributed by atoms with Gasteiger partial charge in [-0.1, -0.05) is 42.1 Å². The predicted octanol–water partition coefficient (Wildman–Crippen LogP) is 0.519. The van der Waals surface area contributed by atoms with Crippen LogP contribution in [0.15, 0.2) is 48.5 Å². The van der Waals surface area contributed by atoms with Gasteiger partial charge in [0.2, 0.25) is 5.69 Å². The summed E-state index contributed by atoms with van der Waals surface area (Å²) in [6.07, 6.45) is 1.74. The van der Waals surface area contributed by atoms with Gasteiger partial charge >= 0.3 is 0 Å². The van der Waals surface area contributed by atoms with Crippen molar-refractivity contribution in [2.75, 3.05) is 0 Å². The van der Waals surface area contributed by atoms with E-state index in [2.05, 4.69) is 4.99 Å². The van der Waals surface area contributed by atoms with Crippen LogP contribution < -0.4 is 10.1 Å². The summed E-state index contributed by atoms with van der Waals surface area (Å²) in [5, 5.41) is 11.5. The first-order valence-corrected chi connectivity index (χ1v) is 5.19. The average Bonchev–Trinajstić information content (AvgIpc) is 2.30. The van der Waals surface area contributed by atoms with Crippen molar-refractivity contribution < 1.29 is 10.1 Å². The van der Waals surface area contributed by atoms with E-state index in [1.165, 1.54) is 0 Å². The van der Waals surface area contributed by atoms with Crippen molar-refractivity contribution in [1.29, 1.82) is 0 Å². The SMILES string of the molecule is Cc1ccccc1[NH+]=Cc1ccccc1[O-].[Li-]. The molecule has 17 heavy (non-hydrogen) atoms. The number of rotatable bonds is 2.